The first-order valence-corrected chi connectivity index (χ1v) is 6.15. The van der Waals surface area contributed by atoms with Crippen molar-refractivity contribution in [3.05, 3.63) is 29.8 Å². The summed E-state index contributed by atoms with van der Waals surface area (Å²) in [6, 6.07) is 9.11. The van der Waals surface area contributed by atoms with Gasteiger partial charge in [-0.25, -0.2) is 0 Å². The maximum Gasteiger partial charge on any atom is 0.123 e. The molecule has 1 fully saturated rings. The lowest BCUT2D eigenvalue weighted by Crippen LogP contribution is -2.49. The van der Waals surface area contributed by atoms with Crippen molar-refractivity contribution in [1.29, 1.82) is 0 Å². The quantitative estimate of drug-likeness (QED) is 0.781. The second kappa shape index (κ2) is 3.49. The minimum absolute atomic E-state index is 0.0327. The van der Waals surface area contributed by atoms with Gasteiger partial charge < -0.3 is 10.1 Å². The van der Waals surface area contributed by atoms with Crippen LogP contribution in [0, 0.1) is 0 Å². The molecule has 0 amide bonds. The maximum atomic E-state index is 6.18. The van der Waals surface area contributed by atoms with Crippen molar-refractivity contribution in [3.63, 3.8) is 0 Å². The summed E-state index contributed by atoms with van der Waals surface area (Å²) in [7, 11) is 2.06. The van der Waals surface area contributed by atoms with E-state index < -0.39 is 0 Å². The lowest BCUT2D eigenvalue weighted by atomic mass is 9.71. The highest BCUT2D eigenvalue weighted by Crippen LogP contribution is 2.48. The molecule has 1 aliphatic heterocycles. The van der Waals surface area contributed by atoms with E-state index in [0.29, 0.717) is 12.0 Å². The van der Waals surface area contributed by atoms with Crippen molar-refractivity contribution in [3.8, 4) is 5.75 Å². The van der Waals surface area contributed by atoms with Crippen molar-refractivity contribution >= 4 is 0 Å². The number of benzene rings is 1. The summed E-state index contributed by atoms with van der Waals surface area (Å²) in [6.07, 6.45) is 3.53. The van der Waals surface area contributed by atoms with Crippen LogP contribution >= 0.6 is 0 Å². The third-order valence-electron chi connectivity index (χ3n) is 4.05. The van der Waals surface area contributed by atoms with Crippen molar-refractivity contribution in [1.82, 2.24) is 5.32 Å². The number of hydrogen-bond acceptors (Lipinski definition) is 2. The third-order valence-corrected chi connectivity index (χ3v) is 4.05. The Morgan fingerprint density at radius 2 is 2.12 bits per heavy atom. The number of nitrogens with one attached hydrogen (secondary N) is 1. The van der Waals surface area contributed by atoms with E-state index in [4.69, 9.17) is 4.74 Å². The van der Waals surface area contributed by atoms with Crippen LogP contribution in [0.5, 0.6) is 5.75 Å². The zero-order valence-corrected chi connectivity index (χ0v) is 9.99. The Hall–Kier alpha value is -1.02. The molecule has 2 nitrogen and oxygen atoms in total. The minimum Gasteiger partial charge on any atom is -0.487 e. The van der Waals surface area contributed by atoms with E-state index in [1.54, 1.807) is 0 Å². The molecule has 3 atom stereocenters. The molecule has 2 aliphatic rings. The zero-order valence-electron chi connectivity index (χ0n) is 9.99. The Bertz CT molecular complexity index is 403. The summed E-state index contributed by atoms with van der Waals surface area (Å²) in [5.74, 6) is 1.77. The van der Waals surface area contributed by atoms with Crippen LogP contribution in [0.4, 0.5) is 0 Å². The van der Waals surface area contributed by atoms with Gasteiger partial charge in [0.05, 0.1) is 0 Å². The van der Waals surface area contributed by atoms with Gasteiger partial charge in [0.15, 0.2) is 0 Å². The van der Waals surface area contributed by atoms with Crippen molar-refractivity contribution < 1.29 is 4.74 Å². The molecule has 1 N–H and O–H groups in total. The number of hydrogen-bond donors (Lipinski definition) is 1. The van der Waals surface area contributed by atoms with Crippen molar-refractivity contribution in [2.24, 2.45) is 0 Å². The van der Waals surface area contributed by atoms with Gasteiger partial charge in [0.25, 0.3) is 0 Å². The molecular weight excluding hydrogens is 198 g/mol. The molecule has 0 spiro atoms. The van der Waals surface area contributed by atoms with Gasteiger partial charge in [0.2, 0.25) is 0 Å². The highest BCUT2D eigenvalue weighted by atomic mass is 16.5. The molecule has 16 heavy (non-hydrogen) atoms. The Kier molecular flexibility index (Phi) is 2.21. The van der Waals surface area contributed by atoms with E-state index in [1.165, 1.54) is 18.4 Å². The largest absolute Gasteiger partial charge is 0.487 e. The van der Waals surface area contributed by atoms with Crippen LogP contribution in [0.3, 0.4) is 0 Å². The Labute approximate surface area is 97.0 Å². The van der Waals surface area contributed by atoms with Gasteiger partial charge in [0.1, 0.15) is 11.4 Å². The van der Waals surface area contributed by atoms with E-state index in [1.807, 2.05) is 0 Å². The second-order valence-electron chi connectivity index (χ2n) is 5.42. The zero-order chi connectivity index (χ0) is 11.2. The van der Waals surface area contributed by atoms with Gasteiger partial charge in [-0.15, -0.1) is 0 Å². The lowest BCUT2D eigenvalue weighted by molar-refractivity contribution is 0.00890. The molecule has 1 aromatic rings. The number of rotatable bonds is 1. The van der Waals surface area contributed by atoms with Gasteiger partial charge in [-0.05, 0) is 44.4 Å². The van der Waals surface area contributed by atoms with Crippen LogP contribution in [-0.4, -0.2) is 18.7 Å². The van der Waals surface area contributed by atoms with E-state index in [9.17, 15) is 0 Å². The summed E-state index contributed by atoms with van der Waals surface area (Å²) in [5, 5.41) is 3.41. The van der Waals surface area contributed by atoms with Crippen LogP contribution in [0.25, 0.3) is 0 Å². The molecule has 1 aromatic carbocycles. The van der Waals surface area contributed by atoms with E-state index >= 15 is 0 Å². The molecule has 3 rings (SSSR count). The highest BCUT2D eigenvalue weighted by Gasteiger charge is 2.43. The number of ether oxygens (including phenoxy) is 1. The molecule has 2 bridgehead atoms. The summed E-state index contributed by atoms with van der Waals surface area (Å²) in [6.45, 7) is 2.25. The van der Waals surface area contributed by atoms with Gasteiger partial charge >= 0.3 is 0 Å². The van der Waals surface area contributed by atoms with Crippen LogP contribution in [0.15, 0.2) is 24.3 Å². The van der Waals surface area contributed by atoms with E-state index in [0.717, 1.165) is 12.2 Å². The molecule has 2 heteroatoms. The minimum atomic E-state index is 0.0327. The average molecular weight is 217 g/mol. The fourth-order valence-electron chi connectivity index (χ4n) is 3.35. The summed E-state index contributed by atoms with van der Waals surface area (Å²) < 4.78 is 6.18. The average Bonchev–Trinajstić information content (AvgIpc) is 2.27. The van der Waals surface area contributed by atoms with E-state index in [2.05, 4.69) is 43.6 Å². The predicted molar refractivity (Wildman–Crippen MR) is 64.9 cm³/mol. The topological polar surface area (TPSA) is 21.3 Å². The molecule has 86 valence electrons. The molecule has 0 aromatic heterocycles. The maximum absolute atomic E-state index is 6.18. The molecule has 1 aliphatic carbocycles. The van der Waals surface area contributed by atoms with Gasteiger partial charge in [-0.2, -0.15) is 0 Å². The van der Waals surface area contributed by atoms with Crippen molar-refractivity contribution in [2.45, 2.75) is 43.7 Å². The molecule has 3 unspecified atom stereocenters. The Balaban J connectivity index is 2.00. The molecule has 0 saturated heterocycles. The molecular formula is C14H19NO. The van der Waals surface area contributed by atoms with Gasteiger partial charge in [-0.3, -0.25) is 0 Å². The lowest BCUT2D eigenvalue weighted by Gasteiger charge is -2.47. The highest BCUT2D eigenvalue weighted by molar-refractivity contribution is 5.40. The first-order valence-electron chi connectivity index (χ1n) is 6.15. The molecule has 1 heterocycles. The number of fused-ring (bicyclic) bond motifs is 4. The first kappa shape index (κ1) is 10.2. The molecule has 0 radical (unpaired) electrons. The SMILES string of the molecule is CNC1CC2CC(C)(C1)Oc1ccccc12. The fraction of sp³-hybridized carbons (Fsp3) is 0.571. The Morgan fingerprint density at radius 3 is 2.94 bits per heavy atom. The standard InChI is InChI=1S/C14H19NO/c1-14-8-10(7-11(9-14)15-2)12-5-3-4-6-13(12)16-14/h3-6,10-11,15H,7-9H2,1-2H3. The van der Waals surface area contributed by atoms with Crippen LogP contribution in [-0.2, 0) is 0 Å². The van der Waals surface area contributed by atoms with Crippen LogP contribution in [0.2, 0.25) is 0 Å². The first-order chi connectivity index (χ1) is 7.70. The van der Waals surface area contributed by atoms with E-state index in [-0.39, 0.29) is 5.60 Å². The fourth-order valence-corrected chi connectivity index (χ4v) is 3.35. The van der Waals surface area contributed by atoms with Crippen molar-refractivity contribution in [2.75, 3.05) is 7.05 Å². The predicted octanol–water partition coefficient (Wildman–Crippen LogP) is 2.69. The summed E-state index contributed by atoms with van der Waals surface area (Å²) >= 11 is 0. The smallest absolute Gasteiger partial charge is 0.123 e. The van der Waals surface area contributed by atoms with Crippen LogP contribution < -0.4 is 10.1 Å². The van der Waals surface area contributed by atoms with Gasteiger partial charge in [0, 0.05) is 12.5 Å². The Morgan fingerprint density at radius 1 is 1.31 bits per heavy atom. The normalized spacial score (nSPS) is 36.4. The summed E-state index contributed by atoms with van der Waals surface area (Å²) in [4.78, 5) is 0. The monoisotopic (exact) mass is 217 g/mol. The third kappa shape index (κ3) is 1.52. The van der Waals surface area contributed by atoms with Gasteiger partial charge in [-0.1, -0.05) is 18.2 Å². The second-order valence-corrected chi connectivity index (χ2v) is 5.42. The van der Waals surface area contributed by atoms with Crippen LogP contribution in [0.1, 0.15) is 37.7 Å². The summed E-state index contributed by atoms with van der Waals surface area (Å²) in [5.41, 5.74) is 1.44. The number of para-hydroxylation sites is 1. The molecule has 1 saturated carbocycles.